The van der Waals surface area contributed by atoms with E-state index >= 15 is 0 Å². The molecular formula is C25H28FNO3. The monoisotopic (exact) mass is 409 g/mol. The number of carbonyl (C=O) groups excluding carboxylic acids is 1. The molecule has 0 bridgehead atoms. The molecule has 5 rings (SSSR count). The molecule has 2 saturated heterocycles. The third-order valence-electron chi connectivity index (χ3n) is 7.53. The van der Waals surface area contributed by atoms with Crippen molar-refractivity contribution in [2.45, 2.75) is 43.9 Å². The van der Waals surface area contributed by atoms with Gasteiger partial charge >= 0.3 is 0 Å². The maximum atomic E-state index is 14.1. The molecule has 1 unspecified atom stereocenters. The van der Waals surface area contributed by atoms with Crippen molar-refractivity contribution in [3.05, 3.63) is 71.5 Å². The predicted octanol–water partition coefficient (Wildman–Crippen LogP) is 4.29. The van der Waals surface area contributed by atoms with Crippen LogP contribution in [0.3, 0.4) is 0 Å². The molecular weight excluding hydrogens is 381 g/mol. The summed E-state index contributed by atoms with van der Waals surface area (Å²) in [7, 11) is 0. The molecule has 0 N–H and O–H groups in total. The molecule has 3 aliphatic rings. The summed E-state index contributed by atoms with van der Waals surface area (Å²) < 4.78 is 25.5. The highest BCUT2D eigenvalue weighted by atomic mass is 19.1. The average molecular weight is 410 g/mol. The molecule has 1 amide bonds. The fourth-order valence-electron chi connectivity index (χ4n) is 6.01. The lowest BCUT2D eigenvalue weighted by Gasteiger charge is -2.56. The highest BCUT2D eigenvalue weighted by molar-refractivity contribution is 5.90. The topological polar surface area (TPSA) is 38.8 Å². The maximum Gasteiger partial charge on any atom is 0.233 e. The quantitative estimate of drug-likeness (QED) is 0.759. The lowest BCUT2D eigenvalue weighted by Crippen LogP contribution is -2.64. The van der Waals surface area contributed by atoms with Crippen LogP contribution in [-0.4, -0.2) is 36.4 Å². The highest BCUT2D eigenvalue weighted by Crippen LogP contribution is 2.56. The Morgan fingerprint density at radius 2 is 1.73 bits per heavy atom. The fraction of sp³-hybridized carbons (Fsp3) is 0.480. The second-order valence-electron chi connectivity index (χ2n) is 8.88. The summed E-state index contributed by atoms with van der Waals surface area (Å²) in [5.74, 6) is -0.349. The van der Waals surface area contributed by atoms with E-state index in [4.69, 9.17) is 9.47 Å². The molecule has 0 radical (unpaired) electrons. The zero-order chi connectivity index (χ0) is 20.8. The number of hydrogen-bond acceptors (Lipinski definition) is 3. The Morgan fingerprint density at radius 3 is 2.43 bits per heavy atom. The van der Waals surface area contributed by atoms with Gasteiger partial charge in [-0.2, -0.15) is 0 Å². The number of halogens is 1. The Balaban J connectivity index is 1.51. The van der Waals surface area contributed by atoms with Crippen molar-refractivity contribution in [1.29, 1.82) is 0 Å². The van der Waals surface area contributed by atoms with Gasteiger partial charge < -0.3 is 14.4 Å². The van der Waals surface area contributed by atoms with E-state index < -0.39 is 11.2 Å². The molecule has 2 heterocycles. The van der Waals surface area contributed by atoms with Gasteiger partial charge in [0.15, 0.2) is 5.79 Å². The van der Waals surface area contributed by atoms with Crippen LogP contribution in [0.2, 0.25) is 0 Å². The van der Waals surface area contributed by atoms with Crippen molar-refractivity contribution in [3.63, 3.8) is 0 Å². The molecule has 3 fully saturated rings. The number of rotatable bonds is 3. The van der Waals surface area contributed by atoms with Gasteiger partial charge in [0.2, 0.25) is 5.91 Å². The Labute approximate surface area is 177 Å². The number of benzene rings is 2. The maximum absolute atomic E-state index is 14.1. The first-order valence-electron chi connectivity index (χ1n) is 10.9. The summed E-state index contributed by atoms with van der Waals surface area (Å²) in [6, 6.07) is 16.7. The molecule has 1 spiro atoms. The molecule has 3 atom stereocenters. The van der Waals surface area contributed by atoms with Crippen molar-refractivity contribution >= 4 is 5.91 Å². The Morgan fingerprint density at radius 1 is 1.03 bits per heavy atom. The molecule has 2 aliphatic heterocycles. The van der Waals surface area contributed by atoms with E-state index in [0.29, 0.717) is 32.7 Å². The van der Waals surface area contributed by atoms with Gasteiger partial charge in [0, 0.05) is 25.4 Å². The zero-order valence-corrected chi connectivity index (χ0v) is 17.4. The van der Waals surface area contributed by atoms with E-state index in [9.17, 15) is 9.18 Å². The number of likely N-dealkylation sites (tertiary alicyclic amines) is 1. The summed E-state index contributed by atoms with van der Waals surface area (Å²) in [6.07, 6.45) is 2.33. The molecule has 1 aliphatic carbocycles. The smallest absolute Gasteiger partial charge is 0.233 e. The van der Waals surface area contributed by atoms with Crippen LogP contribution in [0, 0.1) is 17.7 Å². The first-order valence-corrected chi connectivity index (χ1v) is 10.9. The van der Waals surface area contributed by atoms with Gasteiger partial charge in [-0.15, -0.1) is 0 Å². The number of carbonyl (C=O) groups is 1. The van der Waals surface area contributed by atoms with E-state index in [1.807, 2.05) is 23.1 Å². The average Bonchev–Trinajstić information content (AvgIpc) is 3.25. The van der Waals surface area contributed by atoms with E-state index in [-0.39, 0.29) is 23.6 Å². The molecule has 4 nitrogen and oxygen atoms in total. The number of piperidine rings is 1. The Hall–Kier alpha value is -2.24. The third-order valence-corrected chi connectivity index (χ3v) is 7.53. The van der Waals surface area contributed by atoms with E-state index in [1.165, 1.54) is 12.1 Å². The number of amides is 1. The van der Waals surface area contributed by atoms with Gasteiger partial charge in [0.25, 0.3) is 0 Å². The van der Waals surface area contributed by atoms with Crippen LogP contribution < -0.4 is 0 Å². The van der Waals surface area contributed by atoms with Crippen LogP contribution in [-0.2, 0) is 26.2 Å². The van der Waals surface area contributed by atoms with Gasteiger partial charge in [-0.25, -0.2) is 4.39 Å². The van der Waals surface area contributed by atoms with Crippen LogP contribution in [0.25, 0.3) is 0 Å². The largest absolute Gasteiger partial charge is 0.347 e. The summed E-state index contributed by atoms with van der Waals surface area (Å²) in [5, 5.41) is 0. The summed E-state index contributed by atoms with van der Waals surface area (Å²) >= 11 is 0. The normalized spacial score (nSPS) is 30.5. The van der Waals surface area contributed by atoms with Gasteiger partial charge in [-0.1, -0.05) is 49.4 Å². The second kappa shape index (κ2) is 7.47. The minimum Gasteiger partial charge on any atom is -0.347 e. The van der Waals surface area contributed by atoms with Crippen molar-refractivity contribution in [2.24, 2.45) is 11.8 Å². The SMILES string of the molecule is C[C@H]1[C@@H]2CCN(Cc3ccc(F)cc3)C(=O)C2(c2ccccc2)CCC12OCCO2. The van der Waals surface area contributed by atoms with Crippen LogP contribution in [0.4, 0.5) is 4.39 Å². The number of fused-ring (bicyclic) bond motifs is 1. The number of hydrogen-bond donors (Lipinski definition) is 0. The summed E-state index contributed by atoms with van der Waals surface area (Å²) in [4.78, 5) is 16.0. The van der Waals surface area contributed by atoms with Crippen LogP contribution >= 0.6 is 0 Å². The van der Waals surface area contributed by atoms with Gasteiger partial charge in [-0.3, -0.25) is 4.79 Å². The first-order chi connectivity index (χ1) is 14.6. The predicted molar refractivity (Wildman–Crippen MR) is 111 cm³/mol. The molecule has 158 valence electrons. The van der Waals surface area contributed by atoms with Gasteiger partial charge in [-0.05, 0) is 42.0 Å². The standard InChI is InChI=1S/C25H28FNO3/c1-18-22-11-14-27(17-19-7-9-21(26)10-8-19)23(28)24(22,20-5-3-2-4-6-20)12-13-25(18)29-15-16-30-25/h2-10,18,22H,11-17H2,1H3/t18-,22-,24?/m0/s1. The Bertz CT molecular complexity index is 910. The van der Waals surface area contributed by atoms with E-state index in [2.05, 4.69) is 19.1 Å². The molecule has 5 heteroatoms. The van der Waals surface area contributed by atoms with Crippen LogP contribution in [0.15, 0.2) is 54.6 Å². The van der Waals surface area contributed by atoms with Gasteiger partial charge in [0.05, 0.1) is 18.6 Å². The van der Waals surface area contributed by atoms with Crippen molar-refractivity contribution < 1.29 is 18.7 Å². The minimum atomic E-state index is -0.570. The second-order valence-corrected chi connectivity index (χ2v) is 8.88. The lowest BCUT2D eigenvalue weighted by molar-refractivity contribution is -0.238. The first kappa shape index (κ1) is 19.7. The summed E-state index contributed by atoms with van der Waals surface area (Å²) in [6.45, 7) is 4.64. The Kier molecular flexibility index (Phi) is 4.91. The fourth-order valence-corrected chi connectivity index (χ4v) is 6.01. The zero-order valence-electron chi connectivity index (χ0n) is 17.4. The molecule has 0 aromatic heterocycles. The summed E-state index contributed by atoms with van der Waals surface area (Å²) in [5.41, 5.74) is 1.47. The van der Waals surface area contributed by atoms with E-state index in [1.54, 1.807) is 12.1 Å². The molecule has 2 aromatic carbocycles. The number of ether oxygens (including phenoxy) is 2. The minimum absolute atomic E-state index is 0.130. The van der Waals surface area contributed by atoms with Crippen molar-refractivity contribution in [3.8, 4) is 0 Å². The van der Waals surface area contributed by atoms with Crippen LogP contribution in [0.5, 0.6) is 0 Å². The van der Waals surface area contributed by atoms with E-state index in [0.717, 1.165) is 24.0 Å². The molecule has 30 heavy (non-hydrogen) atoms. The molecule has 2 aromatic rings. The lowest BCUT2D eigenvalue weighted by atomic mass is 9.54. The van der Waals surface area contributed by atoms with Crippen LogP contribution in [0.1, 0.15) is 37.3 Å². The highest BCUT2D eigenvalue weighted by Gasteiger charge is 2.62. The third kappa shape index (κ3) is 2.98. The van der Waals surface area contributed by atoms with Crippen molar-refractivity contribution in [1.82, 2.24) is 4.90 Å². The van der Waals surface area contributed by atoms with Gasteiger partial charge in [0.1, 0.15) is 5.82 Å². The van der Waals surface area contributed by atoms with Crippen molar-refractivity contribution in [2.75, 3.05) is 19.8 Å². The molecule has 1 saturated carbocycles. The number of nitrogens with zero attached hydrogens (tertiary/aromatic N) is 1.